The molecule has 0 saturated heterocycles. The number of carbonyl (C=O) groups is 1. The Morgan fingerprint density at radius 3 is 2.37 bits per heavy atom. The van der Waals surface area contributed by atoms with Gasteiger partial charge in [0.1, 0.15) is 16.4 Å². The molecule has 3 aromatic rings. The van der Waals surface area contributed by atoms with Crippen molar-refractivity contribution in [2.45, 2.75) is 11.8 Å². The molecule has 3 aromatic carbocycles. The summed E-state index contributed by atoms with van der Waals surface area (Å²) in [6.45, 7) is 1.90. The van der Waals surface area contributed by atoms with Gasteiger partial charge in [-0.2, -0.15) is 13.5 Å². The largest absolute Gasteiger partial charge is 0.496 e. The summed E-state index contributed by atoms with van der Waals surface area (Å²) >= 11 is 0. The average molecular weight is 424 g/mol. The van der Waals surface area contributed by atoms with Gasteiger partial charge in [-0.3, -0.25) is 4.79 Å². The fraction of sp³-hybridized carbons (Fsp3) is 0.0909. The van der Waals surface area contributed by atoms with Crippen molar-refractivity contribution in [3.05, 3.63) is 89.5 Å². The fourth-order valence-electron chi connectivity index (χ4n) is 2.58. The molecule has 1 amide bonds. The van der Waals surface area contributed by atoms with Crippen LogP contribution in [0.1, 0.15) is 21.5 Å². The highest BCUT2D eigenvalue weighted by atomic mass is 32.2. The molecule has 0 saturated carbocycles. The number of benzene rings is 3. The number of nitrogens with one attached hydrogen (secondary N) is 1. The van der Waals surface area contributed by atoms with Gasteiger partial charge in [-0.05, 0) is 66.6 Å². The van der Waals surface area contributed by atoms with Gasteiger partial charge in [0.25, 0.3) is 5.91 Å². The van der Waals surface area contributed by atoms with E-state index in [4.69, 9.17) is 8.92 Å². The highest BCUT2D eigenvalue weighted by Gasteiger charge is 2.15. The van der Waals surface area contributed by atoms with E-state index in [1.807, 2.05) is 13.0 Å². The van der Waals surface area contributed by atoms with Crippen molar-refractivity contribution in [2.75, 3.05) is 7.11 Å². The summed E-state index contributed by atoms with van der Waals surface area (Å²) in [7, 11) is -2.40. The van der Waals surface area contributed by atoms with Crippen LogP contribution in [0.25, 0.3) is 0 Å². The molecule has 30 heavy (non-hydrogen) atoms. The summed E-state index contributed by atoms with van der Waals surface area (Å²) in [5.74, 6) is 0.227. The quantitative estimate of drug-likeness (QED) is 0.356. The minimum absolute atomic E-state index is 0.0740. The lowest BCUT2D eigenvalue weighted by atomic mass is 10.1. The molecule has 154 valence electrons. The van der Waals surface area contributed by atoms with Crippen LogP contribution in [-0.2, 0) is 10.1 Å². The molecular formula is C22H20N2O5S. The second kappa shape index (κ2) is 9.23. The van der Waals surface area contributed by atoms with Crippen LogP contribution in [0.3, 0.4) is 0 Å². The van der Waals surface area contributed by atoms with Gasteiger partial charge in [-0.1, -0.05) is 24.3 Å². The standard InChI is InChI=1S/C22H20N2O5S/c1-16-8-13-20(21(14-16)28-2)22(25)24-23-15-17-9-11-18(12-10-17)29-30(26,27)19-6-4-3-5-7-19/h3-15H,1-2H3,(H,24,25)/b23-15-. The smallest absolute Gasteiger partial charge is 0.339 e. The van der Waals surface area contributed by atoms with Gasteiger partial charge in [0.15, 0.2) is 0 Å². The number of hydrogen-bond donors (Lipinski definition) is 1. The predicted molar refractivity (Wildman–Crippen MR) is 113 cm³/mol. The summed E-state index contributed by atoms with van der Waals surface area (Å²) in [4.78, 5) is 12.4. The first-order valence-electron chi connectivity index (χ1n) is 8.97. The van der Waals surface area contributed by atoms with E-state index in [9.17, 15) is 13.2 Å². The maximum absolute atomic E-state index is 12.3. The molecule has 0 radical (unpaired) electrons. The zero-order valence-corrected chi connectivity index (χ0v) is 17.2. The Labute approximate surface area is 175 Å². The van der Waals surface area contributed by atoms with Crippen molar-refractivity contribution < 1.29 is 22.1 Å². The van der Waals surface area contributed by atoms with Gasteiger partial charge in [0, 0.05) is 0 Å². The second-order valence-electron chi connectivity index (χ2n) is 6.32. The molecule has 0 aliphatic rings. The van der Waals surface area contributed by atoms with Gasteiger partial charge in [0.05, 0.1) is 18.9 Å². The molecule has 0 spiro atoms. The third-order valence-corrected chi connectivity index (χ3v) is 5.36. The minimum atomic E-state index is -3.90. The zero-order chi connectivity index (χ0) is 21.6. The molecule has 0 aliphatic carbocycles. The maximum atomic E-state index is 12.3. The molecule has 0 heterocycles. The van der Waals surface area contributed by atoms with Crippen LogP contribution in [0.2, 0.25) is 0 Å². The van der Waals surface area contributed by atoms with Gasteiger partial charge in [0.2, 0.25) is 0 Å². The van der Waals surface area contributed by atoms with Crippen molar-refractivity contribution >= 4 is 22.2 Å². The lowest BCUT2D eigenvalue weighted by molar-refractivity contribution is 0.0952. The van der Waals surface area contributed by atoms with E-state index >= 15 is 0 Å². The third-order valence-electron chi connectivity index (χ3n) is 4.10. The number of nitrogens with zero attached hydrogens (tertiary/aromatic N) is 1. The van der Waals surface area contributed by atoms with Gasteiger partial charge >= 0.3 is 10.1 Å². The van der Waals surface area contributed by atoms with Crippen molar-refractivity contribution in [1.29, 1.82) is 0 Å². The molecule has 0 bridgehead atoms. The van der Waals surface area contributed by atoms with E-state index in [0.29, 0.717) is 16.9 Å². The van der Waals surface area contributed by atoms with Gasteiger partial charge in [-0.15, -0.1) is 0 Å². The van der Waals surface area contributed by atoms with Crippen LogP contribution in [0.15, 0.2) is 82.8 Å². The minimum Gasteiger partial charge on any atom is -0.496 e. The third kappa shape index (κ3) is 5.24. The number of carbonyl (C=O) groups excluding carboxylic acids is 1. The summed E-state index contributed by atoms with van der Waals surface area (Å²) < 4.78 is 34.8. The SMILES string of the molecule is COc1cc(C)ccc1C(=O)N/N=C\c1ccc(OS(=O)(=O)c2ccccc2)cc1. The molecule has 0 unspecified atom stereocenters. The number of amides is 1. The van der Waals surface area contributed by atoms with Crippen LogP contribution in [0.5, 0.6) is 11.5 Å². The number of methoxy groups -OCH3 is 1. The number of hydrogen-bond acceptors (Lipinski definition) is 6. The molecular weight excluding hydrogens is 404 g/mol. The van der Waals surface area contributed by atoms with Crippen LogP contribution in [0.4, 0.5) is 0 Å². The Kier molecular flexibility index (Phi) is 6.48. The van der Waals surface area contributed by atoms with Crippen LogP contribution in [-0.4, -0.2) is 27.6 Å². The monoisotopic (exact) mass is 424 g/mol. The normalized spacial score (nSPS) is 11.3. The predicted octanol–water partition coefficient (Wildman–Crippen LogP) is 3.54. The van der Waals surface area contributed by atoms with Crippen molar-refractivity contribution in [3.63, 3.8) is 0 Å². The second-order valence-corrected chi connectivity index (χ2v) is 7.87. The van der Waals surface area contributed by atoms with E-state index in [-0.39, 0.29) is 10.6 Å². The topological polar surface area (TPSA) is 94.1 Å². The molecule has 0 aromatic heterocycles. The van der Waals surface area contributed by atoms with E-state index in [0.717, 1.165) is 5.56 Å². The molecule has 0 atom stereocenters. The van der Waals surface area contributed by atoms with Crippen molar-refractivity contribution in [2.24, 2.45) is 5.10 Å². The van der Waals surface area contributed by atoms with Gasteiger partial charge < -0.3 is 8.92 Å². The van der Waals surface area contributed by atoms with Crippen molar-refractivity contribution in [3.8, 4) is 11.5 Å². The van der Waals surface area contributed by atoms with E-state index in [1.165, 1.54) is 37.6 Å². The number of rotatable bonds is 7. The Hall–Kier alpha value is -3.65. The summed E-state index contributed by atoms with van der Waals surface area (Å²) in [5, 5.41) is 3.93. The number of hydrazone groups is 1. The van der Waals surface area contributed by atoms with Crippen molar-refractivity contribution in [1.82, 2.24) is 5.43 Å². The number of aryl methyl sites for hydroxylation is 1. The first-order chi connectivity index (χ1) is 14.4. The summed E-state index contributed by atoms with van der Waals surface area (Å²) in [6, 6.07) is 19.4. The van der Waals surface area contributed by atoms with E-state index in [2.05, 4.69) is 10.5 Å². The first kappa shape index (κ1) is 21.1. The maximum Gasteiger partial charge on any atom is 0.339 e. The Morgan fingerprint density at radius 1 is 1.00 bits per heavy atom. The molecule has 7 nitrogen and oxygen atoms in total. The fourth-order valence-corrected chi connectivity index (χ4v) is 3.53. The summed E-state index contributed by atoms with van der Waals surface area (Å²) in [5.41, 5.74) is 4.43. The van der Waals surface area contributed by atoms with E-state index in [1.54, 1.807) is 42.5 Å². The lowest BCUT2D eigenvalue weighted by Crippen LogP contribution is -2.18. The van der Waals surface area contributed by atoms with E-state index < -0.39 is 16.0 Å². The highest BCUT2D eigenvalue weighted by molar-refractivity contribution is 7.87. The molecule has 8 heteroatoms. The van der Waals surface area contributed by atoms with Crippen LogP contribution in [0, 0.1) is 6.92 Å². The Bertz CT molecular complexity index is 1160. The summed E-state index contributed by atoms with van der Waals surface area (Å²) in [6.07, 6.45) is 1.44. The molecule has 1 N–H and O–H groups in total. The molecule has 0 fully saturated rings. The molecule has 0 aliphatic heterocycles. The Balaban J connectivity index is 1.63. The zero-order valence-electron chi connectivity index (χ0n) is 16.4. The highest BCUT2D eigenvalue weighted by Crippen LogP contribution is 2.20. The lowest BCUT2D eigenvalue weighted by Gasteiger charge is -2.08. The van der Waals surface area contributed by atoms with Gasteiger partial charge in [-0.25, -0.2) is 5.43 Å². The first-order valence-corrected chi connectivity index (χ1v) is 10.4. The average Bonchev–Trinajstić information content (AvgIpc) is 2.75. The Morgan fingerprint density at radius 2 is 1.70 bits per heavy atom. The van der Waals surface area contributed by atoms with Crippen LogP contribution >= 0.6 is 0 Å². The molecule has 3 rings (SSSR count). The van der Waals surface area contributed by atoms with Crippen LogP contribution < -0.4 is 14.3 Å². The number of ether oxygens (including phenoxy) is 1.